The van der Waals surface area contributed by atoms with Gasteiger partial charge >= 0.3 is 0 Å². The molecule has 2 aromatic carbocycles. The molecule has 3 aromatic rings. The average Bonchev–Trinajstić information content (AvgIpc) is 2.59. The Morgan fingerprint density at radius 1 is 1.00 bits per heavy atom. The maximum Gasteiger partial charge on any atom is 0.255 e. The highest BCUT2D eigenvalue weighted by Gasteiger charge is 2.08. The van der Waals surface area contributed by atoms with Gasteiger partial charge < -0.3 is 10.6 Å². The van der Waals surface area contributed by atoms with Crippen LogP contribution in [-0.2, 0) is 0 Å². The minimum Gasteiger partial charge on any atom is -0.324 e. The number of nitrogens with zero attached hydrogens (tertiary/aromatic N) is 2. The van der Waals surface area contributed by atoms with Crippen molar-refractivity contribution in [3.8, 4) is 0 Å². The van der Waals surface area contributed by atoms with Gasteiger partial charge in [0, 0.05) is 28.8 Å². The summed E-state index contributed by atoms with van der Waals surface area (Å²) in [5.74, 6) is 0.391. The predicted octanol–water partition coefficient (Wildman–Crippen LogP) is 4.09. The third kappa shape index (κ3) is 3.76. The lowest BCUT2D eigenvalue weighted by atomic mass is 10.1. The second-order valence-electron chi connectivity index (χ2n) is 5.50. The standard InChI is InChI=1S/C19H18N4O/c1-13-8-9-16(22-18(24)15-6-4-3-5-7-15)12-17(13)23-19-20-11-10-14(2)21-19/h3-12H,1-2H3,(H,22,24)(H,20,21,23). The predicted molar refractivity (Wildman–Crippen MR) is 95.6 cm³/mol. The first-order valence-corrected chi connectivity index (χ1v) is 7.65. The van der Waals surface area contributed by atoms with Crippen LogP contribution in [0.1, 0.15) is 21.6 Å². The summed E-state index contributed by atoms with van der Waals surface area (Å²) < 4.78 is 0. The van der Waals surface area contributed by atoms with Crippen molar-refractivity contribution in [1.82, 2.24) is 9.97 Å². The van der Waals surface area contributed by atoms with E-state index in [1.165, 1.54) is 0 Å². The van der Waals surface area contributed by atoms with E-state index in [0.29, 0.717) is 17.2 Å². The molecule has 0 aliphatic rings. The van der Waals surface area contributed by atoms with Crippen LogP contribution in [0.4, 0.5) is 17.3 Å². The molecule has 24 heavy (non-hydrogen) atoms. The van der Waals surface area contributed by atoms with E-state index in [0.717, 1.165) is 16.9 Å². The van der Waals surface area contributed by atoms with Crippen molar-refractivity contribution < 1.29 is 4.79 Å². The first-order valence-electron chi connectivity index (χ1n) is 7.65. The molecule has 0 saturated heterocycles. The zero-order valence-corrected chi connectivity index (χ0v) is 13.6. The number of aryl methyl sites for hydroxylation is 2. The van der Waals surface area contributed by atoms with Gasteiger partial charge in [-0.2, -0.15) is 0 Å². The van der Waals surface area contributed by atoms with Crippen molar-refractivity contribution in [2.45, 2.75) is 13.8 Å². The van der Waals surface area contributed by atoms with Crippen molar-refractivity contribution in [2.24, 2.45) is 0 Å². The number of carbonyl (C=O) groups excluding carboxylic acids is 1. The van der Waals surface area contributed by atoms with Crippen molar-refractivity contribution in [3.05, 3.63) is 77.6 Å². The van der Waals surface area contributed by atoms with Gasteiger partial charge in [0.1, 0.15) is 0 Å². The Labute approximate surface area is 140 Å². The van der Waals surface area contributed by atoms with Gasteiger partial charge in [0.05, 0.1) is 0 Å². The normalized spacial score (nSPS) is 10.2. The van der Waals surface area contributed by atoms with Crippen LogP contribution in [0.25, 0.3) is 0 Å². The summed E-state index contributed by atoms with van der Waals surface area (Å²) in [7, 11) is 0. The van der Waals surface area contributed by atoms with Crippen LogP contribution in [0.5, 0.6) is 0 Å². The molecule has 1 heterocycles. The molecule has 0 bridgehead atoms. The highest BCUT2D eigenvalue weighted by Crippen LogP contribution is 2.23. The lowest BCUT2D eigenvalue weighted by Gasteiger charge is -2.11. The number of benzene rings is 2. The fraction of sp³-hybridized carbons (Fsp3) is 0.105. The van der Waals surface area contributed by atoms with E-state index in [-0.39, 0.29) is 5.91 Å². The van der Waals surface area contributed by atoms with Crippen LogP contribution in [0.15, 0.2) is 60.8 Å². The summed E-state index contributed by atoms with van der Waals surface area (Å²) in [5, 5.41) is 6.10. The maximum absolute atomic E-state index is 12.3. The van der Waals surface area contributed by atoms with Crippen LogP contribution in [-0.4, -0.2) is 15.9 Å². The van der Waals surface area contributed by atoms with Gasteiger partial charge in [-0.05, 0) is 49.7 Å². The number of nitrogens with one attached hydrogen (secondary N) is 2. The van der Waals surface area contributed by atoms with E-state index in [4.69, 9.17) is 0 Å². The van der Waals surface area contributed by atoms with Gasteiger partial charge in [0.25, 0.3) is 5.91 Å². The van der Waals surface area contributed by atoms with Gasteiger partial charge in [-0.3, -0.25) is 4.79 Å². The van der Waals surface area contributed by atoms with E-state index >= 15 is 0 Å². The SMILES string of the molecule is Cc1ccnc(Nc2cc(NC(=O)c3ccccc3)ccc2C)n1. The number of amides is 1. The molecule has 0 saturated carbocycles. The summed E-state index contributed by atoms with van der Waals surface area (Å²) >= 11 is 0. The summed E-state index contributed by atoms with van der Waals surface area (Å²) in [5.41, 5.74) is 4.11. The monoisotopic (exact) mass is 318 g/mol. The fourth-order valence-electron chi connectivity index (χ4n) is 2.26. The van der Waals surface area contributed by atoms with E-state index in [1.54, 1.807) is 18.3 Å². The lowest BCUT2D eigenvalue weighted by Crippen LogP contribution is -2.12. The molecule has 1 amide bonds. The molecule has 2 N–H and O–H groups in total. The summed E-state index contributed by atoms with van der Waals surface area (Å²) in [6.45, 7) is 3.90. The number of aromatic nitrogens is 2. The van der Waals surface area contributed by atoms with Gasteiger partial charge in [0.2, 0.25) is 5.95 Å². The molecule has 0 unspecified atom stereocenters. The molecule has 1 aromatic heterocycles. The van der Waals surface area contributed by atoms with Gasteiger partial charge in [-0.1, -0.05) is 24.3 Å². The number of hydrogen-bond donors (Lipinski definition) is 2. The minimum atomic E-state index is -0.141. The Balaban J connectivity index is 1.80. The van der Waals surface area contributed by atoms with Crippen molar-refractivity contribution in [3.63, 3.8) is 0 Å². The summed E-state index contributed by atoms with van der Waals surface area (Å²) in [4.78, 5) is 20.8. The highest BCUT2D eigenvalue weighted by atomic mass is 16.1. The quantitative estimate of drug-likeness (QED) is 0.760. The lowest BCUT2D eigenvalue weighted by molar-refractivity contribution is 0.102. The van der Waals surface area contributed by atoms with Crippen molar-refractivity contribution in [1.29, 1.82) is 0 Å². The number of rotatable bonds is 4. The van der Waals surface area contributed by atoms with Crippen LogP contribution in [0, 0.1) is 13.8 Å². The molecule has 0 aliphatic carbocycles. The van der Waals surface area contributed by atoms with Crippen LogP contribution in [0.3, 0.4) is 0 Å². The van der Waals surface area contributed by atoms with E-state index in [1.807, 2.05) is 56.3 Å². The van der Waals surface area contributed by atoms with Gasteiger partial charge in [-0.15, -0.1) is 0 Å². The number of carbonyl (C=O) groups is 1. The molecule has 5 heteroatoms. The smallest absolute Gasteiger partial charge is 0.255 e. The van der Waals surface area contributed by atoms with Gasteiger partial charge in [0.15, 0.2) is 0 Å². The van der Waals surface area contributed by atoms with Crippen LogP contribution < -0.4 is 10.6 Å². The zero-order valence-electron chi connectivity index (χ0n) is 13.6. The first kappa shape index (κ1) is 15.7. The van der Waals surface area contributed by atoms with E-state index in [2.05, 4.69) is 20.6 Å². The molecule has 120 valence electrons. The summed E-state index contributed by atoms with van der Waals surface area (Å²) in [6, 6.07) is 16.7. The van der Waals surface area contributed by atoms with Crippen LogP contribution in [0.2, 0.25) is 0 Å². The molecule has 0 atom stereocenters. The number of anilines is 3. The van der Waals surface area contributed by atoms with E-state index in [9.17, 15) is 4.79 Å². The van der Waals surface area contributed by atoms with E-state index < -0.39 is 0 Å². The van der Waals surface area contributed by atoms with Crippen LogP contribution >= 0.6 is 0 Å². The van der Waals surface area contributed by atoms with Crippen molar-refractivity contribution in [2.75, 3.05) is 10.6 Å². The zero-order chi connectivity index (χ0) is 16.9. The Kier molecular flexibility index (Phi) is 4.52. The second-order valence-corrected chi connectivity index (χ2v) is 5.50. The average molecular weight is 318 g/mol. The minimum absolute atomic E-state index is 0.141. The summed E-state index contributed by atoms with van der Waals surface area (Å²) in [6.07, 6.45) is 1.71. The molecular weight excluding hydrogens is 300 g/mol. The molecule has 0 spiro atoms. The van der Waals surface area contributed by atoms with Crippen molar-refractivity contribution >= 4 is 23.2 Å². The fourth-order valence-corrected chi connectivity index (χ4v) is 2.26. The van der Waals surface area contributed by atoms with Gasteiger partial charge in [-0.25, -0.2) is 9.97 Å². The largest absolute Gasteiger partial charge is 0.324 e. The number of hydrogen-bond acceptors (Lipinski definition) is 4. The third-order valence-electron chi connectivity index (χ3n) is 3.57. The third-order valence-corrected chi connectivity index (χ3v) is 3.57. The highest BCUT2D eigenvalue weighted by molar-refractivity contribution is 6.04. The topological polar surface area (TPSA) is 66.9 Å². The molecule has 0 aliphatic heterocycles. The molecule has 0 radical (unpaired) electrons. The Morgan fingerprint density at radius 2 is 1.79 bits per heavy atom. The first-order chi connectivity index (χ1) is 11.6. The second kappa shape index (κ2) is 6.91. The Bertz CT molecular complexity index is 862. The Hall–Kier alpha value is -3.21. The Morgan fingerprint density at radius 3 is 2.54 bits per heavy atom. The molecule has 0 fully saturated rings. The maximum atomic E-state index is 12.3. The molecule has 5 nitrogen and oxygen atoms in total. The molecular formula is C19H18N4O. The molecule has 3 rings (SSSR count).